The summed E-state index contributed by atoms with van der Waals surface area (Å²) in [5, 5.41) is 8.82. The highest BCUT2D eigenvalue weighted by atomic mass is 79.9. The highest BCUT2D eigenvalue weighted by Gasteiger charge is 2.07. The summed E-state index contributed by atoms with van der Waals surface area (Å²) in [6.45, 7) is 3.90. The van der Waals surface area contributed by atoms with Crippen molar-refractivity contribution in [1.82, 2.24) is 15.1 Å². The Bertz CT molecular complexity index is 476. The smallest absolute Gasteiger partial charge is 0.112 e. The van der Waals surface area contributed by atoms with Crippen molar-refractivity contribution in [2.75, 3.05) is 13.6 Å². The number of likely N-dealkylation sites (N-methyl/N-ethyl adjacent to an activating group) is 1. The van der Waals surface area contributed by atoms with Crippen molar-refractivity contribution in [2.24, 2.45) is 0 Å². The van der Waals surface area contributed by atoms with Crippen molar-refractivity contribution in [1.29, 1.82) is 0 Å². The molecule has 0 radical (unpaired) electrons. The number of aryl methyl sites for hydroxylation is 1. The molecule has 0 unspecified atom stereocenters. The van der Waals surface area contributed by atoms with Crippen LogP contribution in [0.25, 0.3) is 10.9 Å². The monoisotopic (exact) mass is 267 g/mol. The Morgan fingerprint density at radius 1 is 1.47 bits per heavy atom. The van der Waals surface area contributed by atoms with Crippen LogP contribution >= 0.6 is 15.9 Å². The van der Waals surface area contributed by atoms with E-state index in [2.05, 4.69) is 51.5 Å². The number of nitrogens with one attached hydrogen (secondary N) is 1. The minimum Gasteiger partial charge on any atom is -0.318 e. The van der Waals surface area contributed by atoms with Crippen molar-refractivity contribution in [3.05, 3.63) is 28.4 Å². The summed E-state index contributed by atoms with van der Waals surface area (Å²) in [4.78, 5) is 0. The molecule has 1 aromatic carbocycles. The summed E-state index contributed by atoms with van der Waals surface area (Å²) in [5.41, 5.74) is 2.31. The lowest BCUT2D eigenvalue weighted by Gasteiger charge is -2.01. The number of nitrogens with zero attached hydrogens (tertiary/aromatic N) is 2. The Hall–Kier alpha value is -0.870. The third-order valence-electron chi connectivity index (χ3n) is 2.40. The van der Waals surface area contributed by atoms with Gasteiger partial charge in [-0.3, -0.25) is 4.68 Å². The molecule has 0 aliphatic heterocycles. The van der Waals surface area contributed by atoms with E-state index in [1.807, 2.05) is 11.7 Å². The van der Waals surface area contributed by atoms with Crippen LogP contribution in [0.1, 0.15) is 5.56 Å². The van der Waals surface area contributed by atoms with Crippen LogP contribution in [0.4, 0.5) is 0 Å². The molecule has 0 bridgehead atoms. The molecule has 0 aliphatic carbocycles. The molecule has 1 N–H and O–H groups in total. The second-order valence-corrected chi connectivity index (χ2v) is 4.39. The van der Waals surface area contributed by atoms with E-state index in [0.29, 0.717) is 0 Å². The zero-order valence-electron chi connectivity index (χ0n) is 8.92. The van der Waals surface area contributed by atoms with Gasteiger partial charge < -0.3 is 5.32 Å². The van der Waals surface area contributed by atoms with Crippen LogP contribution in [0.3, 0.4) is 0 Å². The molecule has 4 heteroatoms. The molecule has 0 aliphatic rings. The zero-order valence-corrected chi connectivity index (χ0v) is 10.5. The highest BCUT2D eigenvalue weighted by molar-refractivity contribution is 9.10. The molecule has 80 valence electrons. The van der Waals surface area contributed by atoms with Crippen molar-refractivity contribution < 1.29 is 0 Å². The third-order valence-corrected chi connectivity index (χ3v) is 3.24. The first-order valence-electron chi connectivity index (χ1n) is 4.99. The van der Waals surface area contributed by atoms with Crippen LogP contribution in [0.5, 0.6) is 0 Å². The second-order valence-electron chi connectivity index (χ2n) is 3.64. The largest absolute Gasteiger partial charge is 0.318 e. The fraction of sp³-hybridized carbons (Fsp3) is 0.364. The van der Waals surface area contributed by atoms with Crippen LogP contribution < -0.4 is 5.32 Å². The van der Waals surface area contributed by atoms with Gasteiger partial charge in [-0.15, -0.1) is 0 Å². The number of halogens is 1. The summed E-state index contributed by atoms with van der Waals surface area (Å²) in [5.74, 6) is 0. The van der Waals surface area contributed by atoms with Crippen LogP contribution in [0, 0.1) is 6.92 Å². The normalized spacial score (nSPS) is 11.1. The second kappa shape index (κ2) is 4.33. The molecule has 2 rings (SSSR count). The molecular weight excluding hydrogens is 254 g/mol. The first kappa shape index (κ1) is 10.6. The Morgan fingerprint density at radius 3 is 3.00 bits per heavy atom. The molecule has 0 saturated heterocycles. The average molecular weight is 268 g/mol. The molecule has 2 aromatic rings. The van der Waals surface area contributed by atoms with Crippen LogP contribution in [-0.4, -0.2) is 23.4 Å². The first-order chi connectivity index (χ1) is 7.22. The molecule has 15 heavy (non-hydrogen) atoms. The van der Waals surface area contributed by atoms with Crippen LogP contribution in [-0.2, 0) is 6.54 Å². The Morgan fingerprint density at radius 2 is 2.27 bits per heavy atom. The number of hydrogen-bond acceptors (Lipinski definition) is 2. The molecule has 0 amide bonds. The SMILES string of the molecule is CNCCn1nc2ccc(C)cc2c1Br. The van der Waals surface area contributed by atoms with Gasteiger partial charge in [-0.2, -0.15) is 5.10 Å². The molecule has 1 aromatic heterocycles. The maximum atomic E-state index is 4.52. The average Bonchev–Trinajstić information content (AvgIpc) is 2.53. The zero-order chi connectivity index (χ0) is 10.8. The third kappa shape index (κ3) is 2.06. The van der Waals surface area contributed by atoms with Crippen molar-refractivity contribution in [2.45, 2.75) is 13.5 Å². The summed E-state index contributed by atoms with van der Waals surface area (Å²) in [6.07, 6.45) is 0. The predicted molar refractivity (Wildman–Crippen MR) is 66.1 cm³/mol. The Labute approximate surface area is 97.6 Å². The predicted octanol–water partition coefficient (Wildman–Crippen LogP) is 2.33. The summed E-state index contributed by atoms with van der Waals surface area (Å²) in [6, 6.07) is 6.30. The number of benzene rings is 1. The minimum atomic E-state index is 0.880. The van der Waals surface area contributed by atoms with E-state index in [0.717, 1.165) is 23.2 Å². The summed E-state index contributed by atoms with van der Waals surface area (Å²) < 4.78 is 3.05. The number of fused-ring (bicyclic) bond motifs is 1. The molecule has 1 heterocycles. The molecular formula is C11H14BrN3. The van der Waals surface area contributed by atoms with Gasteiger partial charge in [0.2, 0.25) is 0 Å². The van der Waals surface area contributed by atoms with Gasteiger partial charge in [-0.25, -0.2) is 0 Å². The standard InChI is InChI=1S/C11H14BrN3/c1-8-3-4-10-9(7-8)11(12)15(14-10)6-5-13-2/h3-4,7,13H,5-6H2,1-2H3. The van der Waals surface area contributed by atoms with E-state index in [4.69, 9.17) is 0 Å². The Kier molecular flexibility index (Phi) is 3.07. The quantitative estimate of drug-likeness (QED) is 0.925. The van der Waals surface area contributed by atoms with Crippen molar-refractivity contribution in [3.8, 4) is 0 Å². The molecule has 0 atom stereocenters. The van der Waals surface area contributed by atoms with Crippen LogP contribution in [0.2, 0.25) is 0 Å². The van der Waals surface area contributed by atoms with Gasteiger partial charge in [0.25, 0.3) is 0 Å². The van der Waals surface area contributed by atoms with Gasteiger partial charge in [0, 0.05) is 11.9 Å². The summed E-state index contributed by atoms with van der Waals surface area (Å²) >= 11 is 3.59. The van der Waals surface area contributed by atoms with Gasteiger partial charge in [0.15, 0.2) is 0 Å². The van der Waals surface area contributed by atoms with Crippen molar-refractivity contribution in [3.63, 3.8) is 0 Å². The topological polar surface area (TPSA) is 29.9 Å². The fourth-order valence-corrected chi connectivity index (χ4v) is 2.16. The molecule has 0 fully saturated rings. The maximum absolute atomic E-state index is 4.52. The number of aromatic nitrogens is 2. The fourth-order valence-electron chi connectivity index (χ4n) is 1.58. The van der Waals surface area contributed by atoms with Gasteiger partial charge in [0.05, 0.1) is 12.1 Å². The molecule has 0 saturated carbocycles. The molecule has 0 spiro atoms. The maximum Gasteiger partial charge on any atom is 0.112 e. The van der Waals surface area contributed by atoms with E-state index in [9.17, 15) is 0 Å². The van der Waals surface area contributed by atoms with Gasteiger partial charge in [0.1, 0.15) is 4.60 Å². The lowest BCUT2D eigenvalue weighted by atomic mass is 10.2. The van der Waals surface area contributed by atoms with E-state index in [1.54, 1.807) is 0 Å². The van der Waals surface area contributed by atoms with E-state index in [1.165, 1.54) is 10.9 Å². The van der Waals surface area contributed by atoms with E-state index in [-0.39, 0.29) is 0 Å². The van der Waals surface area contributed by atoms with Crippen LogP contribution in [0.15, 0.2) is 22.8 Å². The van der Waals surface area contributed by atoms with E-state index < -0.39 is 0 Å². The lowest BCUT2D eigenvalue weighted by Crippen LogP contribution is -2.15. The minimum absolute atomic E-state index is 0.880. The number of hydrogen-bond donors (Lipinski definition) is 1. The Balaban J connectivity index is 2.45. The number of rotatable bonds is 3. The molecule has 3 nitrogen and oxygen atoms in total. The first-order valence-corrected chi connectivity index (χ1v) is 5.79. The van der Waals surface area contributed by atoms with Gasteiger partial charge >= 0.3 is 0 Å². The summed E-state index contributed by atoms with van der Waals surface area (Å²) in [7, 11) is 1.95. The highest BCUT2D eigenvalue weighted by Crippen LogP contribution is 2.24. The van der Waals surface area contributed by atoms with E-state index >= 15 is 0 Å². The van der Waals surface area contributed by atoms with Gasteiger partial charge in [-0.1, -0.05) is 11.6 Å². The van der Waals surface area contributed by atoms with Crippen molar-refractivity contribution >= 4 is 26.8 Å². The van der Waals surface area contributed by atoms with Gasteiger partial charge in [-0.05, 0) is 42.0 Å². The lowest BCUT2D eigenvalue weighted by molar-refractivity contribution is 0.580.